The van der Waals surface area contributed by atoms with E-state index >= 15 is 0 Å². The number of amides is 4. The van der Waals surface area contributed by atoms with Crippen LogP contribution in [0.3, 0.4) is 0 Å². The maximum Gasteiger partial charge on any atom is 0.325 e. The molecule has 3 aromatic rings. The highest BCUT2D eigenvalue weighted by Gasteiger charge is 2.47. The number of nitrogens with one attached hydrogen (secondary N) is 2. The van der Waals surface area contributed by atoms with Crippen LogP contribution in [0.25, 0.3) is 0 Å². The molecule has 1 aliphatic heterocycles. The summed E-state index contributed by atoms with van der Waals surface area (Å²) in [6.07, 6.45) is 0. The predicted molar refractivity (Wildman–Crippen MR) is 152 cm³/mol. The Labute approximate surface area is 241 Å². The molecule has 1 saturated heterocycles. The number of hydrogen-bond acceptors (Lipinski definition) is 9. The predicted octanol–water partition coefficient (Wildman–Crippen LogP) is 3.79. The van der Waals surface area contributed by atoms with Gasteiger partial charge in [-0.05, 0) is 23.3 Å². The average Bonchev–Trinajstić information content (AvgIpc) is 3.56. The number of imide groups is 1. The van der Waals surface area contributed by atoms with Crippen molar-refractivity contribution in [3.63, 3.8) is 0 Å². The second-order valence-electron chi connectivity index (χ2n) is 9.34. The molecule has 4 rings (SSSR count). The molecule has 12 heteroatoms. The van der Waals surface area contributed by atoms with E-state index in [1.165, 1.54) is 6.92 Å². The number of carbonyl (C=O) groups is 4. The van der Waals surface area contributed by atoms with E-state index < -0.39 is 35.8 Å². The number of ketones is 1. The zero-order valence-corrected chi connectivity index (χ0v) is 23.8. The number of methoxy groups -OCH3 is 1. The topological polar surface area (TPSA) is 136 Å². The SMILES string of the molecule is COCCOCCOc1ccc([C@H]2NC(=O)N(C(C(=O)Nc3nc(C(C)=O)cs3)[C@@H](C)c3ccccc3)C2=O)cc1. The van der Waals surface area contributed by atoms with Crippen molar-refractivity contribution in [3.05, 3.63) is 76.8 Å². The second-order valence-corrected chi connectivity index (χ2v) is 10.2. The lowest BCUT2D eigenvalue weighted by atomic mass is 9.91. The maximum atomic E-state index is 13.7. The lowest BCUT2D eigenvalue weighted by Crippen LogP contribution is -2.50. The summed E-state index contributed by atoms with van der Waals surface area (Å²) < 4.78 is 16.0. The fourth-order valence-electron chi connectivity index (χ4n) is 4.38. The van der Waals surface area contributed by atoms with Crippen LogP contribution >= 0.6 is 11.3 Å². The number of anilines is 1. The summed E-state index contributed by atoms with van der Waals surface area (Å²) in [6, 6.07) is 13.1. The summed E-state index contributed by atoms with van der Waals surface area (Å²) in [5, 5.41) is 7.15. The van der Waals surface area contributed by atoms with Crippen LogP contribution in [0.2, 0.25) is 0 Å². The van der Waals surface area contributed by atoms with Gasteiger partial charge in [0.25, 0.3) is 5.91 Å². The molecular weight excluding hydrogens is 548 g/mol. The van der Waals surface area contributed by atoms with E-state index in [1.54, 1.807) is 43.7 Å². The minimum atomic E-state index is -1.18. The molecule has 41 heavy (non-hydrogen) atoms. The molecule has 0 spiro atoms. The third-order valence-corrected chi connectivity index (χ3v) is 7.31. The molecule has 2 N–H and O–H groups in total. The molecule has 1 aliphatic rings. The van der Waals surface area contributed by atoms with Gasteiger partial charge in [-0.15, -0.1) is 11.3 Å². The van der Waals surface area contributed by atoms with Crippen LogP contribution in [0.4, 0.5) is 9.93 Å². The van der Waals surface area contributed by atoms with E-state index in [1.807, 2.05) is 30.3 Å². The van der Waals surface area contributed by atoms with E-state index in [4.69, 9.17) is 14.2 Å². The van der Waals surface area contributed by atoms with Crippen LogP contribution in [0.5, 0.6) is 5.75 Å². The van der Waals surface area contributed by atoms with Crippen molar-refractivity contribution in [1.82, 2.24) is 15.2 Å². The highest BCUT2D eigenvalue weighted by molar-refractivity contribution is 7.14. The Morgan fingerprint density at radius 2 is 1.76 bits per heavy atom. The van der Waals surface area contributed by atoms with E-state index in [0.717, 1.165) is 21.8 Å². The summed E-state index contributed by atoms with van der Waals surface area (Å²) in [5.41, 5.74) is 1.54. The first-order valence-electron chi connectivity index (χ1n) is 13.1. The third kappa shape index (κ3) is 7.34. The number of aromatic nitrogens is 1. The first-order valence-corrected chi connectivity index (χ1v) is 13.9. The number of ether oxygens (including phenoxy) is 3. The Morgan fingerprint density at radius 1 is 1.05 bits per heavy atom. The molecule has 2 aromatic carbocycles. The number of benzene rings is 2. The molecule has 4 amide bonds. The van der Waals surface area contributed by atoms with Crippen molar-refractivity contribution in [1.29, 1.82) is 0 Å². The van der Waals surface area contributed by atoms with Crippen molar-refractivity contribution in [2.45, 2.75) is 31.8 Å². The number of nitrogens with zero attached hydrogens (tertiary/aromatic N) is 2. The fraction of sp³-hybridized carbons (Fsp3) is 0.345. The van der Waals surface area contributed by atoms with Gasteiger partial charge in [0, 0.05) is 25.3 Å². The number of rotatable bonds is 14. The van der Waals surface area contributed by atoms with Crippen LogP contribution in [0, 0.1) is 0 Å². The number of hydrogen-bond donors (Lipinski definition) is 2. The summed E-state index contributed by atoms with van der Waals surface area (Å²) in [4.78, 5) is 57.3. The van der Waals surface area contributed by atoms with E-state index in [9.17, 15) is 19.2 Å². The van der Waals surface area contributed by atoms with Crippen LogP contribution < -0.4 is 15.4 Å². The molecule has 3 atom stereocenters. The molecule has 0 aliphatic carbocycles. The van der Waals surface area contributed by atoms with Crippen molar-refractivity contribution in [3.8, 4) is 5.75 Å². The van der Waals surface area contributed by atoms with Gasteiger partial charge in [-0.2, -0.15) is 0 Å². The van der Waals surface area contributed by atoms with Gasteiger partial charge >= 0.3 is 6.03 Å². The van der Waals surface area contributed by atoms with E-state index in [-0.39, 0.29) is 16.6 Å². The van der Waals surface area contributed by atoms with Gasteiger partial charge in [0.1, 0.15) is 30.1 Å². The number of thiazole rings is 1. The zero-order chi connectivity index (χ0) is 29.4. The minimum Gasteiger partial charge on any atom is -0.491 e. The van der Waals surface area contributed by atoms with Gasteiger partial charge in [0.2, 0.25) is 5.91 Å². The Hall–Kier alpha value is -4.13. The van der Waals surface area contributed by atoms with Gasteiger partial charge in [-0.25, -0.2) is 14.7 Å². The number of carbonyl (C=O) groups excluding carboxylic acids is 4. The summed E-state index contributed by atoms with van der Waals surface area (Å²) >= 11 is 1.09. The number of urea groups is 1. The molecular formula is C29H32N4O7S. The maximum absolute atomic E-state index is 13.7. The van der Waals surface area contributed by atoms with Crippen LogP contribution in [-0.2, 0) is 19.1 Å². The molecule has 0 bridgehead atoms. The molecule has 0 radical (unpaired) electrons. The Bertz CT molecular complexity index is 1360. The average molecular weight is 581 g/mol. The monoisotopic (exact) mass is 580 g/mol. The van der Waals surface area contributed by atoms with Crippen LogP contribution in [0.15, 0.2) is 60.0 Å². The standard InChI is InChI=1S/C29H32N4O7S/c1-18(20-7-5-4-6-8-20)25(26(35)32-28-30-23(17-41-28)19(2)34)33-27(36)24(31-29(33)37)21-9-11-22(12-10-21)40-16-15-39-14-13-38-3/h4-12,17-18,24-25H,13-16H2,1-3H3,(H,31,37)(H,30,32,35)/t18-,24+,25?/m0/s1. The molecule has 1 fully saturated rings. The Kier molecular flexibility index (Phi) is 10.2. The molecule has 1 aromatic heterocycles. The van der Waals surface area contributed by atoms with Gasteiger partial charge in [0.05, 0.1) is 19.8 Å². The van der Waals surface area contributed by atoms with Crippen LogP contribution in [0.1, 0.15) is 47.4 Å². The molecule has 0 saturated carbocycles. The normalized spacial score (nSPS) is 16.3. The van der Waals surface area contributed by atoms with E-state index in [2.05, 4.69) is 15.6 Å². The third-order valence-electron chi connectivity index (χ3n) is 6.55. The van der Waals surface area contributed by atoms with Crippen molar-refractivity contribution in [2.24, 2.45) is 0 Å². The molecule has 1 unspecified atom stereocenters. The van der Waals surface area contributed by atoms with Crippen molar-refractivity contribution in [2.75, 3.05) is 38.9 Å². The Morgan fingerprint density at radius 3 is 2.41 bits per heavy atom. The lowest BCUT2D eigenvalue weighted by Gasteiger charge is -2.29. The zero-order valence-electron chi connectivity index (χ0n) is 23.0. The van der Waals surface area contributed by atoms with Gasteiger partial charge < -0.3 is 24.8 Å². The number of Topliss-reactive ketones (excluding diaryl/α,β-unsaturated/α-hetero) is 1. The summed E-state index contributed by atoms with van der Waals surface area (Å²) in [6.45, 7) is 4.89. The largest absolute Gasteiger partial charge is 0.491 e. The highest BCUT2D eigenvalue weighted by atomic mass is 32.1. The van der Waals surface area contributed by atoms with Gasteiger partial charge in [0.15, 0.2) is 10.9 Å². The molecule has 11 nitrogen and oxygen atoms in total. The quantitative estimate of drug-likeness (QED) is 0.167. The summed E-state index contributed by atoms with van der Waals surface area (Å²) in [7, 11) is 1.60. The lowest BCUT2D eigenvalue weighted by molar-refractivity contribution is -0.134. The second kappa shape index (κ2) is 14.0. The van der Waals surface area contributed by atoms with Gasteiger partial charge in [-0.1, -0.05) is 49.4 Å². The first-order chi connectivity index (χ1) is 19.8. The summed E-state index contributed by atoms with van der Waals surface area (Å²) in [5.74, 6) is -1.34. The van der Waals surface area contributed by atoms with E-state index in [0.29, 0.717) is 37.7 Å². The molecule has 2 heterocycles. The molecule has 216 valence electrons. The minimum absolute atomic E-state index is 0.203. The van der Waals surface area contributed by atoms with Crippen molar-refractivity contribution >= 4 is 40.1 Å². The van der Waals surface area contributed by atoms with Crippen molar-refractivity contribution < 1.29 is 33.4 Å². The Balaban J connectivity index is 1.51. The fourth-order valence-corrected chi connectivity index (χ4v) is 5.13. The highest BCUT2D eigenvalue weighted by Crippen LogP contribution is 2.32. The smallest absolute Gasteiger partial charge is 0.325 e. The van der Waals surface area contributed by atoms with Crippen LogP contribution in [-0.4, -0.2) is 73.1 Å². The first kappa shape index (κ1) is 29.8. The van der Waals surface area contributed by atoms with Gasteiger partial charge in [-0.3, -0.25) is 14.4 Å².